The topological polar surface area (TPSA) is 35.5 Å². The predicted molar refractivity (Wildman–Crippen MR) is 67.4 cm³/mol. The van der Waals surface area contributed by atoms with E-state index in [1.54, 1.807) is 11.4 Å². The first-order valence-electron chi connectivity index (χ1n) is 5.26. The van der Waals surface area contributed by atoms with E-state index in [0.29, 0.717) is 17.2 Å². The van der Waals surface area contributed by atoms with Crippen molar-refractivity contribution in [2.24, 2.45) is 0 Å². The van der Waals surface area contributed by atoms with Crippen LogP contribution in [0.4, 0.5) is 0 Å². The van der Waals surface area contributed by atoms with Crippen molar-refractivity contribution in [2.45, 2.75) is 6.92 Å². The van der Waals surface area contributed by atoms with E-state index < -0.39 is 0 Å². The summed E-state index contributed by atoms with van der Waals surface area (Å²) in [7, 11) is 0. The monoisotopic (exact) mass is 248 g/mol. The fraction of sp³-hybridized carbons (Fsp3) is 0.154. The number of ether oxygens (including phenoxy) is 2. The van der Waals surface area contributed by atoms with Crippen molar-refractivity contribution in [2.75, 3.05) is 6.61 Å². The fourth-order valence-electron chi connectivity index (χ4n) is 1.36. The van der Waals surface area contributed by atoms with Crippen LogP contribution in [0.5, 0.6) is 17.2 Å². The van der Waals surface area contributed by atoms with Crippen LogP contribution < -0.4 is 9.47 Å². The number of carbonyl (C=O) groups is 1. The largest absolute Gasteiger partial charge is 0.494 e. The molecule has 1 aromatic carbocycles. The molecule has 0 bridgehead atoms. The molecule has 1 aromatic heterocycles. The standard InChI is InChI=1S/C13H12O3S/c1-2-15-10-3-5-11(6-4-10)16-12-7-13(8-14)17-9-12/h3-9H,2H2,1H3. The predicted octanol–water partition coefficient (Wildman–Crippen LogP) is 3.75. The molecule has 0 aliphatic carbocycles. The minimum atomic E-state index is 0.646. The molecule has 0 atom stereocenters. The van der Waals surface area contributed by atoms with Gasteiger partial charge in [-0.15, -0.1) is 11.3 Å². The Balaban J connectivity index is 2.05. The summed E-state index contributed by atoms with van der Waals surface area (Å²) in [4.78, 5) is 11.2. The molecule has 17 heavy (non-hydrogen) atoms. The maximum atomic E-state index is 10.5. The van der Waals surface area contributed by atoms with Crippen LogP contribution in [0.25, 0.3) is 0 Å². The Morgan fingerprint density at radius 3 is 2.47 bits per heavy atom. The Bertz CT molecular complexity index is 488. The molecule has 2 rings (SSSR count). The summed E-state index contributed by atoms with van der Waals surface area (Å²) < 4.78 is 10.9. The van der Waals surface area contributed by atoms with Gasteiger partial charge in [0.1, 0.15) is 17.2 Å². The maximum Gasteiger partial charge on any atom is 0.160 e. The minimum absolute atomic E-state index is 0.646. The average molecular weight is 248 g/mol. The van der Waals surface area contributed by atoms with Crippen LogP contribution in [0.3, 0.4) is 0 Å². The van der Waals surface area contributed by atoms with Gasteiger partial charge in [0, 0.05) is 11.4 Å². The lowest BCUT2D eigenvalue weighted by molar-refractivity contribution is 0.112. The van der Waals surface area contributed by atoms with Crippen molar-refractivity contribution in [3.63, 3.8) is 0 Å². The second-order valence-corrected chi connectivity index (χ2v) is 4.25. The third-order valence-electron chi connectivity index (χ3n) is 2.08. The van der Waals surface area contributed by atoms with Gasteiger partial charge in [-0.3, -0.25) is 4.79 Å². The van der Waals surface area contributed by atoms with Gasteiger partial charge in [0.05, 0.1) is 11.5 Å². The molecule has 88 valence electrons. The van der Waals surface area contributed by atoms with Gasteiger partial charge in [-0.05, 0) is 31.2 Å². The van der Waals surface area contributed by atoms with Crippen LogP contribution in [-0.2, 0) is 0 Å². The van der Waals surface area contributed by atoms with E-state index in [0.717, 1.165) is 17.8 Å². The van der Waals surface area contributed by atoms with E-state index in [9.17, 15) is 4.79 Å². The summed E-state index contributed by atoms with van der Waals surface area (Å²) in [6.07, 6.45) is 0.815. The van der Waals surface area contributed by atoms with E-state index in [4.69, 9.17) is 9.47 Å². The van der Waals surface area contributed by atoms with E-state index in [2.05, 4.69) is 0 Å². The summed E-state index contributed by atoms with van der Waals surface area (Å²) in [5.74, 6) is 2.23. The first-order valence-corrected chi connectivity index (χ1v) is 6.14. The zero-order chi connectivity index (χ0) is 12.1. The van der Waals surface area contributed by atoms with Crippen LogP contribution in [0.2, 0.25) is 0 Å². The maximum absolute atomic E-state index is 10.5. The molecule has 0 amide bonds. The third kappa shape index (κ3) is 3.07. The molecule has 0 N–H and O–H groups in total. The smallest absolute Gasteiger partial charge is 0.160 e. The molecule has 0 fully saturated rings. The molecule has 0 spiro atoms. The van der Waals surface area contributed by atoms with E-state index in [1.807, 2.05) is 31.2 Å². The van der Waals surface area contributed by atoms with Crippen molar-refractivity contribution >= 4 is 17.6 Å². The SMILES string of the molecule is CCOc1ccc(Oc2csc(C=O)c2)cc1. The van der Waals surface area contributed by atoms with E-state index in [-0.39, 0.29) is 0 Å². The van der Waals surface area contributed by atoms with Crippen molar-refractivity contribution < 1.29 is 14.3 Å². The summed E-state index contributed by atoms with van der Waals surface area (Å²) in [6.45, 7) is 2.59. The number of rotatable bonds is 5. The first-order chi connectivity index (χ1) is 8.31. The lowest BCUT2D eigenvalue weighted by atomic mass is 10.3. The summed E-state index contributed by atoms with van der Waals surface area (Å²) in [5.41, 5.74) is 0. The van der Waals surface area contributed by atoms with Gasteiger partial charge in [-0.1, -0.05) is 0 Å². The molecule has 0 unspecified atom stereocenters. The lowest BCUT2D eigenvalue weighted by Gasteiger charge is -2.05. The molecule has 0 aliphatic heterocycles. The lowest BCUT2D eigenvalue weighted by Crippen LogP contribution is -1.90. The van der Waals surface area contributed by atoms with E-state index >= 15 is 0 Å². The highest BCUT2D eigenvalue weighted by Crippen LogP contribution is 2.27. The van der Waals surface area contributed by atoms with E-state index in [1.165, 1.54) is 11.3 Å². The minimum Gasteiger partial charge on any atom is -0.494 e. The van der Waals surface area contributed by atoms with Crippen LogP contribution in [0.15, 0.2) is 35.7 Å². The fourth-order valence-corrected chi connectivity index (χ4v) is 1.96. The Hall–Kier alpha value is -1.81. The van der Waals surface area contributed by atoms with Crippen molar-refractivity contribution in [1.29, 1.82) is 0 Å². The highest BCUT2D eigenvalue weighted by molar-refractivity contribution is 7.11. The van der Waals surface area contributed by atoms with Crippen molar-refractivity contribution in [3.05, 3.63) is 40.6 Å². The number of thiophene rings is 1. The summed E-state index contributed by atoms with van der Waals surface area (Å²) >= 11 is 1.36. The molecule has 0 saturated carbocycles. The molecule has 4 heteroatoms. The third-order valence-corrected chi connectivity index (χ3v) is 2.92. The Kier molecular flexibility index (Phi) is 3.77. The normalized spacial score (nSPS) is 9.94. The number of aldehydes is 1. The molecular weight excluding hydrogens is 236 g/mol. The highest BCUT2D eigenvalue weighted by atomic mass is 32.1. The average Bonchev–Trinajstić information content (AvgIpc) is 2.80. The van der Waals surface area contributed by atoms with Crippen LogP contribution in [0, 0.1) is 0 Å². The van der Waals surface area contributed by atoms with Gasteiger partial charge in [-0.2, -0.15) is 0 Å². The van der Waals surface area contributed by atoms with Gasteiger partial charge in [0.15, 0.2) is 6.29 Å². The number of hydrogen-bond acceptors (Lipinski definition) is 4. The van der Waals surface area contributed by atoms with Gasteiger partial charge in [-0.25, -0.2) is 0 Å². The molecular formula is C13H12O3S. The van der Waals surface area contributed by atoms with Crippen LogP contribution in [0.1, 0.15) is 16.6 Å². The first kappa shape index (κ1) is 11.7. The highest BCUT2D eigenvalue weighted by Gasteiger charge is 2.01. The molecule has 0 radical (unpaired) electrons. The quantitative estimate of drug-likeness (QED) is 0.756. The Morgan fingerprint density at radius 1 is 1.18 bits per heavy atom. The van der Waals surface area contributed by atoms with Crippen LogP contribution in [-0.4, -0.2) is 12.9 Å². The second kappa shape index (κ2) is 5.50. The van der Waals surface area contributed by atoms with Crippen molar-refractivity contribution in [3.8, 4) is 17.2 Å². The number of hydrogen-bond donors (Lipinski definition) is 0. The summed E-state index contributed by atoms with van der Waals surface area (Å²) in [5, 5.41) is 1.81. The number of carbonyl (C=O) groups excluding carboxylic acids is 1. The Morgan fingerprint density at radius 2 is 1.88 bits per heavy atom. The summed E-state index contributed by atoms with van der Waals surface area (Å²) in [6, 6.07) is 9.10. The molecule has 3 nitrogen and oxygen atoms in total. The Labute approximate surface area is 104 Å². The van der Waals surface area contributed by atoms with Gasteiger partial charge < -0.3 is 9.47 Å². The zero-order valence-electron chi connectivity index (χ0n) is 9.38. The second-order valence-electron chi connectivity index (χ2n) is 3.31. The molecule has 0 aliphatic rings. The zero-order valence-corrected chi connectivity index (χ0v) is 10.2. The molecule has 1 heterocycles. The number of benzene rings is 1. The molecule has 0 saturated heterocycles. The van der Waals surface area contributed by atoms with Crippen LogP contribution >= 0.6 is 11.3 Å². The van der Waals surface area contributed by atoms with Gasteiger partial charge in [0.25, 0.3) is 0 Å². The van der Waals surface area contributed by atoms with Gasteiger partial charge in [0.2, 0.25) is 0 Å². The molecule has 2 aromatic rings. The van der Waals surface area contributed by atoms with Gasteiger partial charge >= 0.3 is 0 Å². The van der Waals surface area contributed by atoms with Crippen molar-refractivity contribution in [1.82, 2.24) is 0 Å².